The van der Waals surface area contributed by atoms with E-state index in [1.807, 2.05) is 0 Å². The van der Waals surface area contributed by atoms with E-state index in [4.69, 9.17) is 0 Å². The maximum Gasteiger partial charge on any atom is 0.265 e. The summed E-state index contributed by atoms with van der Waals surface area (Å²) >= 11 is 1.43. The minimum atomic E-state index is -0.357. The van der Waals surface area contributed by atoms with E-state index in [0.717, 1.165) is 0 Å². The van der Waals surface area contributed by atoms with Gasteiger partial charge in [0.05, 0.1) is 17.9 Å². The van der Waals surface area contributed by atoms with Crippen LogP contribution in [-0.2, 0) is 9.59 Å². The van der Waals surface area contributed by atoms with Gasteiger partial charge in [-0.05, 0) is 24.3 Å². The number of fused-ring (bicyclic) bond motifs is 2. The Morgan fingerprint density at radius 2 is 1.81 bits per heavy atom. The van der Waals surface area contributed by atoms with Crippen molar-refractivity contribution in [3.63, 3.8) is 0 Å². The molecule has 0 saturated carbocycles. The van der Waals surface area contributed by atoms with Gasteiger partial charge in [-0.3, -0.25) is 19.0 Å². The van der Waals surface area contributed by atoms with Crippen LogP contribution in [0, 0.1) is 5.82 Å². The molecule has 2 amide bonds. The number of amides is 2. The summed E-state index contributed by atoms with van der Waals surface area (Å²) in [6.07, 6.45) is 1.67. The lowest BCUT2D eigenvalue weighted by molar-refractivity contribution is -0.138. The Kier molecular flexibility index (Phi) is 5.20. The van der Waals surface area contributed by atoms with Crippen LogP contribution in [0.5, 0.6) is 0 Å². The van der Waals surface area contributed by atoms with Gasteiger partial charge < -0.3 is 9.80 Å². The van der Waals surface area contributed by atoms with Gasteiger partial charge in [0.25, 0.3) is 5.56 Å². The smallest absolute Gasteiger partial charge is 0.265 e. The molecule has 0 bridgehead atoms. The Balaban J connectivity index is 1.39. The predicted molar refractivity (Wildman–Crippen MR) is 116 cm³/mol. The number of rotatable bonds is 3. The van der Waals surface area contributed by atoms with Crippen molar-refractivity contribution in [3.05, 3.63) is 46.6 Å². The summed E-state index contributed by atoms with van der Waals surface area (Å²) in [7, 11) is 0. The highest BCUT2D eigenvalue weighted by Crippen LogP contribution is 2.33. The second-order valence-electron chi connectivity index (χ2n) is 7.90. The number of thioether (sulfide) groups is 1. The summed E-state index contributed by atoms with van der Waals surface area (Å²) < 4.78 is 16.4. The molecule has 2 aliphatic rings. The Bertz CT molecular complexity index is 1260. The molecule has 3 aromatic rings. The average Bonchev–Trinajstić information content (AvgIpc) is 3.39. The molecule has 166 valence electrons. The first-order chi connectivity index (χ1) is 15.4. The van der Waals surface area contributed by atoms with Gasteiger partial charge in [-0.2, -0.15) is 5.10 Å². The van der Waals surface area contributed by atoms with Crippen molar-refractivity contribution in [2.45, 2.75) is 24.5 Å². The molecule has 5 rings (SSSR count). The molecule has 4 heterocycles. The number of benzene rings is 1. The quantitative estimate of drug-likeness (QED) is 0.554. The van der Waals surface area contributed by atoms with Crippen molar-refractivity contribution in [2.24, 2.45) is 0 Å². The van der Waals surface area contributed by atoms with Crippen LogP contribution < -0.4 is 5.56 Å². The van der Waals surface area contributed by atoms with E-state index >= 15 is 0 Å². The third-order valence-corrected chi connectivity index (χ3v) is 7.03. The summed E-state index contributed by atoms with van der Waals surface area (Å²) in [5, 5.41) is 5.18. The van der Waals surface area contributed by atoms with E-state index in [1.165, 1.54) is 41.7 Å². The second kappa shape index (κ2) is 8.05. The minimum Gasteiger partial charge on any atom is -0.339 e. The summed E-state index contributed by atoms with van der Waals surface area (Å²) in [5.41, 5.74) is 0.785. The van der Waals surface area contributed by atoms with E-state index in [0.29, 0.717) is 53.8 Å². The molecule has 1 fully saturated rings. The molecule has 0 N–H and O–H groups in total. The van der Waals surface area contributed by atoms with Crippen molar-refractivity contribution >= 4 is 34.6 Å². The molecule has 1 saturated heterocycles. The van der Waals surface area contributed by atoms with Gasteiger partial charge in [0, 0.05) is 45.3 Å². The second-order valence-corrected chi connectivity index (χ2v) is 8.88. The third kappa shape index (κ3) is 3.56. The van der Waals surface area contributed by atoms with Gasteiger partial charge in [-0.15, -0.1) is 0 Å². The maximum atomic E-state index is 13.3. The van der Waals surface area contributed by atoms with Crippen LogP contribution in [0.25, 0.3) is 16.7 Å². The standard InChI is InChI=1S/C21H21FN6O3S/c1-13(29)25-6-8-26(9-7-25)18(30)10-16-12-32-21-24-19-17(20(31)27(16)21)11-23-28(19)15-4-2-14(22)3-5-15/h2-5,11,16H,6-10,12H2,1H3. The summed E-state index contributed by atoms with van der Waals surface area (Å²) in [5.74, 6) is 0.212. The van der Waals surface area contributed by atoms with Crippen molar-refractivity contribution in [2.75, 3.05) is 31.9 Å². The number of hydrogen-bond donors (Lipinski definition) is 0. The summed E-state index contributed by atoms with van der Waals surface area (Å²) in [6, 6.07) is 5.53. The molecule has 0 spiro atoms. The third-order valence-electron chi connectivity index (χ3n) is 5.93. The maximum absolute atomic E-state index is 13.3. The van der Waals surface area contributed by atoms with Crippen LogP contribution in [0.4, 0.5) is 4.39 Å². The number of carbonyl (C=O) groups excluding carboxylic acids is 2. The summed E-state index contributed by atoms with van der Waals surface area (Å²) in [4.78, 5) is 45.7. The first-order valence-corrected chi connectivity index (χ1v) is 11.3. The number of piperazine rings is 1. The van der Waals surface area contributed by atoms with E-state index in [2.05, 4.69) is 10.1 Å². The number of aromatic nitrogens is 4. The molecule has 0 radical (unpaired) electrons. The van der Waals surface area contributed by atoms with Gasteiger partial charge in [0.1, 0.15) is 11.2 Å². The first kappa shape index (κ1) is 20.7. The molecule has 1 unspecified atom stereocenters. The summed E-state index contributed by atoms with van der Waals surface area (Å²) in [6.45, 7) is 3.59. The monoisotopic (exact) mass is 456 g/mol. The van der Waals surface area contributed by atoms with E-state index < -0.39 is 0 Å². The highest BCUT2D eigenvalue weighted by molar-refractivity contribution is 7.99. The van der Waals surface area contributed by atoms with Crippen LogP contribution >= 0.6 is 11.8 Å². The molecule has 11 heteroatoms. The van der Waals surface area contributed by atoms with Crippen molar-refractivity contribution < 1.29 is 14.0 Å². The van der Waals surface area contributed by atoms with Gasteiger partial charge in [0.15, 0.2) is 10.8 Å². The lowest BCUT2D eigenvalue weighted by Gasteiger charge is -2.34. The zero-order valence-electron chi connectivity index (χ0n) is 17.4. The van der Waals surface area contributed by atoms with Crippen molar-refractivity contribution in [1.82, 2.24) is 29.1 Å². The Labute approximate surface area is 186 Å². The van der Waals surface area contributed by atoms with E-state index in [-0.39, 0.29) is 35.7 Å². The molecular formula is C21H21FN6O3S. The SMILES string of the molecule is CC(=O)N1CCN(C(=O)CC2CSc3nc4c(cnn4-c4ccc(F)cc4)c(=O)n32)CC1. The van der Waals surface area contributed by atoms with Crippen LogP contribution in [0.1, 0.15) is 19.4 Å². The van der Waals surface area contributed by atoms with Crippen LogP contribution in [0.2, 0.25) is 0 Å². The van der Waals surface area contributed by atoms with Gasteiger partial charge in [-0.25, -0.2) is 14.1 Å². The Morgan fingerprint density at radius 3 is 2.50 bits per heavy atom. The van der Waals surface area contributed by atoms with E-state index in [1.54, 1.807) is 26.5 Å². The first-order valence-electron chi connectivity index (χ1n) is 10.3. The fourth-order valence-electron chi connectivity index (χ4n) is 4.15. The normalized spacial score (nSPS) is 18.2. The number of carbonyl (C=O) groups is 2. The highest BCUT2D eigenvalue weighted by Gasteiger charge is 2.32. The van der Waals surface area contributed by atoms with Gasteiger partial charge in [-0.1, -0.05) is 11.8 Å². The largest absolute Gasteiger partial charge is 0.339 e. The lowest BCUT2D eigenvalue weighted by atomic mass is 10.2. The Hall–Kier alpha value is -3.21. The van der Waals surface area contributed by atoms with Crippen molar-refractivity contribution in [1.29, 1.82) is 0 Å². The van der Waals surface area contributed by atoms with Gasteiger partial charge in [0.2, 0.25) is 11.8 Å². The topological polar surface area (TPSA) is 93.3 Å². The number of nitrogens with zero attached hydrogens (tertiary/aromatic N) is 6. The molecule has 0 aliphatic carbocycles. The van der Waals surface area contributed by atoms with Crippen molar-refractivity contribution in [3.8, 4) is 5.69 Å². The Morgan fingerprint density at radius 1 is 1.12 bits per heavy atom. The van der Waals surface area contributed by atoms with Gasteiger partial charge >= 0.3 is 0 Å². The fraction of sp³-hybridized carbons (Fsp3) is 0.381. The highest BCUT2D eigenvalue weighted by atomic mass is 32.2. The molecule has 2 aromatic heterocycles. The minimum absolute atomic E-state index is 0.0149. The molecule has 32 heavy (non-hydrogen) atoms. The van der Waals surface area contributed by atoms with Crippen LogP contribution in [0.3, 0.4) is 0 Å². The molecule has 9 nitrogen and oxygen atoms in total. The zero-order valence-corrected chi connectivity index (χ0v) is 18.2. The number of halogens is 1. The fourth-order valence-corrected chi connectivity index (χ4v) is 5.28. The lowest BCUT2D eigenvalue weighted by Crippen LogP contribution is -2.50. The van der Waals surface area contributed by atoms with Crippen LogP contribution in [-0.4, -0.2) is 72.9 Å². The molecule has 1 atom stereocenters. The van der Waals surface area contributed by atoms with E-state index in [9.17, 15) is 18.8 Å². The predicted octanol–water partition coefficient (Wildman–Crippen LogP) is 1.45. The average molecular weight is 457 g/mol. The molecule has 1 aromatic carbocycles. The molecular weight excluding hydrogens is 435 g/mol. The molecule has 2 aliphatic heterocycles. The zero-order chi connectivity index (χ0) is 22.4. The van der Waals surface area contributed by atoms with Crippen LogP contribution in [0.15, 0.2) is 40.4 Å². The number of hydrogen-bond acceptors (Lipinski definition) is 6.